The molecule has 0 aromatic rings. The van der Waals surface area contributed by atoms with Gasteiger partial charge in [-0.1, -0.05) is 26.3 Å². The summed E-state index contributed by atoms with van der Waals surface area (Å²) < 4.78 is 0. The molecule has 1 rings (SSSR count). The second-order valence-corrected chi connectivity index (χ2v) is 3.94. The summed E-state index contributed by atoms with van der Waals surface area (Å²) in [7, 11) is 0. The van der Waals surface area contributed by atoms with Crippen LogP contribution in [0.15, 0.2) is 11.6 Å². The fourth-order valence-electron chi connectivity index (χ4n) is 1.90. The van der Waals surface area contributed by atoms with Crippen LogP contribution in [0.4, 0.5) is 0 Å². The molecule has 0 aliphatic heterocycles. The number of allylic oxidation sites excluding steroid dienone is 1. The van der Waals surface area contributed by atoms with Crippen molar-refractivity contribution in [1.29, 1.82) is 0 Å². The van der Waals surface area contributed by atoms with E-state index in [0.717, 1.165) is 18.3 Å². The number of aliphatic hydroxyl groups is 1. The molecule has 0 amide bonds. The van der Waals surface area contributed by atoms with E-state index in [-0.39, 0.29) is 6.61 Å². The maximum Gasteiger partial charge on any atom is 0.0641 e. The quantitative estimate of drug-likeness (QED) is 0.642. The summed E-state index contributed by atoms with van der Waals surface area (Å²) in [5.41, 5.74) is 1.24. The van der Waals surface area contributed by atoms with Gasteiger partial charge in [0.2, 0.25) is 0 Å². The first-order valence-corrected chi connectivity index (χ1v) is 5.06. The molecule has 1 nitrogen and oxygen atoms in total. The SMILES string of the molecule is CCC(C)C1CC=C(CO)CC1. The molecule has 1 N–H and O–H groups in total. The van der Waals surface area contributed by atoms with Gasteiger partial charge in [-0.3, -0.25) is 0 Å². The second-order valence-electron chi connectivity index (χ2n) is 3.94. The van der Waals surface area contributed by atoms with Crippen LogP contribution in [0.25, 0.3) is 0 Å². The van der Waals surface area contributed by atoms with Crippen LogP contribution in [0, 0.1) is 11.8 Å². The highest BCUT2D eigenvalue weighted by atomic mass is 16.3. The zero-order valence-corrected chi connectivity index (χ0v) is 8.21. The fourth-order valence-corrected chi connectivity index (χ4v) is 1.90. The van der Waals surface area contributed by atoms with Crippen molar-refractivity contribution >= 4 is 0 Å². The summed E-state index contributed by atoms with van der Waals surface area (Å²) in [6.45, 7) is 4.87. The number of aliphatic hydroxyl groups excluding tert-OH is 1. The largest absolute Gasteiger partial charge is 0.392 e. The highest BCUT2D eigenvalue weighted by Crippen LogP contribution is 2.30. The number of hydrogen-bond acceptors (Lipinski definition) is 1. The lowest BCUT2D eigenvalue weighted by atomic mass is 9.80. The Labute approximate surface area is 75.5 Å². The van der Waals surface area contributed by atoms with E-state index in [4.69, 9.17) is 5.11 Å². The van der Waals surface area contributed by atoms with Crippen molar-refractivity contribution in [3.05, 3.63) is 11.6 Å². The zero-order chi connectivity index (χ0) is 8.97. The van der Waals surface area contributed by atoms with Crippen LogP contribution >= 0.6 is 0 Å². The minimum Gasteiger partial charge on any atom is -0.392 e. The average Bonchev–Trinajstić information content (AvgIpc) is 2.17. The molecule has 70 valence electrons. The van der Waals surface area contributed by atoms with Crippen LogP contribution in [0.1, 0.15) is 39.5 Å². The summed E-state index contributed by atoms with van der Waals surface area (Å²) in [4.78, 5) is 0. The number of rotatable bonds is 3. The van der Waals surface area contributed by atoms with Gasteiger partial charge in [-0.25, -0.2) is 0 Å². The van der Waals surface area contributed by atoms with Crippen molar-refractivity contribution < 1.29 is 5.11 Å². The molecule has 1 aliphatic carbocycles. The smallest absolute Gasteiger partial charge is 0.0641 e. The zero-order valence-electron chi connectivity index (χ0n) is 8.21. The van der Waals surface area contributed by atoms with Gasteiger partial charge in [0.1, 0.15) is 0 Å². The van der Waals surface area contributed by atoms with Crippen LogP contribution in [0.3, 0.4) is 0 Å². The van der Waals surface area contributed by atoms with E-state index in [1.54, 1.807) is 0 Å². The van der Waals surface area contributed by atoms with Crippen molar-refractivity contribution in [1.82, 2.24) is 0 Å². The molecular weight excluding hydrogens is 148 g/mol. The van der Waals surface area contributed by atoms with Gasteiger partial charge in [0, 0.05) is 0 Å². The Bertz CT molecular complexity index is 160. The van der Waals surface area contributed by atoms with Crippen LogP contribution < -0.4 is 0 Å². The second kappa shape index (κ2) is 4.66. The van der Waals surface area contributed by atoms with Gasteiger partial charge in [0.15, 0.2) is 0 Å². The highest BCUT2D eigenvalue weighted by molar-refractivity contribution is 5.06. The minimum atomic E-state index is 0.271. The lowest BCUT2D eigenvalue weighted by molar-refractivity contribution is 0.288. The van der Waals surface area contributed by atoms with Gasteiger partial charge in [0.05, 0.1) is 6.61 Å². The predicted molar refractivity (Wildman–Crippen MR) is 52.0 cm³/mol. The molecule has 0 heterocycles. The Kier molecular flexibility index (Phi) is 3.80. The lowest BCUT2D eigenvalue weighted by Crippen LogP contribution is -2.14. The summed E-state index contributed by atoms with van der Waals surface area (Å²) in [5, 5.41) is 8.90. The molecule has 0 saturated heterocycles. The molecule has 0 aromatic carbocycles. The standard InChI is InChI=1S/C11H20O/c1-3-9(2)11-6-4-10(8-12)5-7-11/h4,9,11-12H,3,5-8H2,1-2H3. The highest BCUT2D eigenvalue weighted by Gasteiger charge is 2.18. The third-order valence-corrected chi connectivity index (χ3v) is 3.20. The summed E-state index contributed by atoms with van der Waals surface area (Å²) >= 11 is 0. The van der Waals surface area contributed by atoms with Crippen LogP contribution in [0.2, 0.25) is 0 Å². The average molecular weight is 168 g/mol. The molecule has 1 heteroatoms. The predicted octanol–water partition coefficient (Wildman–Crippen LogP) is 2.75. The van der Waals surface area contributed by atoms with E-state index >= 15 is 0 Å². The van der Waals surface area contributed by atoms with Gasteiger partial charge in [-0.05, 0) is 36.7 Å². The Morgan fingerprint density at radius 2 is 2.42 bits per heavy atom. The maximum absolute atomic E-state index is 8.90. The van der Waals surface area contributed by atoms with Crippen molar-refractivity contribution in [2.45, 2.75) is 39.5 Å². The van der Waals surface area contributed by atoms with Crippen molar-refractivity contribution in [3.8, 4) is 0 Å². The molecule has 0 fully saturated rings. The van der Waals surface area contributed by atoms with E-state index in [2.05, 4.69) is 19.9 Å². The summed E-state index contributed by atoms with van der Waals surface area (Å²) in [6, 6.07) is 0. The Hall–Kier alpha value is -0.300. The maximum atomic E-state index is 8.90. The third kappa shape index (κ3) is 2.34. The van der Waals surface area contributed by atoms with E-state index in [9.17, 15) is 0 Å². The molecule has 0 saturated carbocycles. The van der Waals surface area contributed by atoms with E-state index < -0.39 is 0 Å². The Morgan fingerprint density at radius 1 is 1.67 bits per heavy atom. The summed E-state index contributed by atoms with van der Waals surface area (Å²) in [6.07, 6.45) is 7.10. The van der Waals surface area contributed by atoms with Crippen LogP contribution in [-0.2, 0) is 0 Å². The molecule has 12 heavy (non-hydrogen) atoms. The van der Waals surface area contributed by atoms with E-state index in [0.29, 0.717) is 0 Å². The molecule has 0 spiro atoms. The first-order valence-electron chi connectivity index (χ1n) is 5.06. The Balaban J connectivity index is 2.40. The van der Waals surface area contributed by atoms with Crippen molar-refractivity contribution in [3.63, 3.8) is 0 Å². The monoisotopic (exact) mass is 168 g/mol. The van der Waals surface area contributed by atoms with Crippen molar-refractivity contribution in [2.24, 2.45) is 11.8 Å². The van der Waals surface area contributed by atoms with Gasteiger partial charge in [0.25, 0.3) is 0 Å². The van der Waals surface area contributed by atoms with Gasteiger partial charge in [-0.2, -0.15) is 0 Å². The normalized spacial score (nSPS) is 26.6. The third-order valence-electron chi connectivity index (χ3n) is 3.20. The topological polar surface area (TPSA) is 20.2 Å². The van der Waals surface area contributed by atoms with Crippen LogP contribution in [-0.4, -0.2) is 11.7 Å². The first-order chi connectivity index (χ1) is 5.77. The molecule has 0 radical (unpaired) electrons. The summed E-state index contributed by atoms with van der Waals surface area (Å²) in [5.74, 6) is 1.71. The van der Waals surface area contributed by atoms with Crippen molar-refractivity contribution in [2.75, 3.05) is 6.61 Å². The molecule has 2 atom stereocenters. The van der Waals surface area contributed by atoms with Gasteiger partial charge in [-0.15, -0.1) is 0 Å². The van der Waals surface area contributed by atoms with Gasteiger partial charge >= 0.3 is 0 Å². The first kappa shape index (κ1) is 9.79. The van der Waals surface area contributed by atoms with Gasteiger partial charge < -0.3 is 5.11 Å². The van der Waals surface area contributed by atoms with E-state index in [1.165, 1.54) is 24.8 Å². The molecule has 0 bridgehead atoms. The molecule has 0 aromatic heterocycles. The molecule has 1 aliphatic rings. The molecular formula is C11H20O. The fraction of sp³-hybridized carbons (Fsp3) is 0.818. The number of hydrogen-bond donors (Lipinski definition) is 1. The van der Waals surface area contributed by atoms with E-state index in [1.807, 2.05) is 0 Å². The van der Waals surface area contributed by atoms with Crippen LogP contribution in [0.5, 0.6) is 0 Å². The lowest BCUT2D eigenvalue weighted by Gasteiger charge is -2.25. The molecule has 2 unspecified atom stereocenters. The Morgan fingerprint density at radius 3 is 2.83 bits per heavy atom. The minimum absolute atomic E-state index is 0.271.